The van der Waals surface area contributed by atoms with E-state index in [1.807, 2.05) is 20.8 Å². The molecule has 0 N–H and O–H groups in total. The van der Waals surface area contributed by atoms with Crippen LogP contribution in [0.2, 0.25) is 0 Å². The molecule has 0 saturated heterocycles. The van der Waals surface area contributed by atoms with E-state index in [-0.39, 0.29) is 10.8 Å². The number of benzene rings is 1. The Hall–Kier alpha value is -1.06. The lowest BCUT2D eigenvalue weighted by atomic mass is 9.75. The molecule has 1 rings (SSSR count). The van der Waals surface area contributed by atoms with Crippen LogP contribution in [0.5, 0.6) is 5.75 Å². The van der Waals surface area contributed by atoms with Crippen LogP contribution < -0.4 is 4.74 Å². The molecule has 0 aliphatic heterocycles. The van der Waals surface area contributed by atoms with Crippen molar-refractivity contribution in [1.82, 2.24) is 4.90 Å². The van der Waals surface area contributed by atoms with Gasteiger partial charge < -0.3 is 14.4 Å². The standard InChI is InChI=1S/C22H39NO2.C2H6/c1-9-24-20-12-10-19(11-13-20)14-23(8)16-21(4,5)15-22(6,7)17-25-18(2)3;1-2/h10-13,18H,9,14-17H2,1-8H3;1-2H3. The van der Waals surface area contributed by atoms with E-state index in [2.05, 4.69) is 77.8 Å². The van der Waals surface area contributed by atoms with Gasteiger partial charge in [-0.2, -0.15) is 0 Å². The Labute approximate surface area is 169 Å². The molecule has 0 aliphatic carbocycles. The molecule has 0 aliphatic rings. The first-order valence-electron chi connectivity index (χ1n) is 10.5. The van der Waals surface area contributed by atoms with Crippen LogP contribution in [0.4, 0.5) is 0 Å². The molecule has 1 aromatic carbocycles. The van der Waals surface area contributed by atoms with E-state index in [0.29, 0.717) is 12.7 Å². The number of hydrogen-bond acceptors (Lipinski definition) is 3. The van der Waals surface area contributed by atoms with E-state index in [0.717, 1.165) is 31.9 Å². The van der Waals surface area contributed by atoms with Crippen molar-refractivity contribution in [2.75, 3.05) is 26.8 Å². The fourth-order valence-electron chi connectivity index (χ4n) is 3.75. The van der Waals surface area contributed by atoms with Crippen molar-refractivity contribution < 1.29 is 9.47 Å². The lowest BCUT2D eigenvalue weighted by Crippen LogP contribution is -2.36. The van der Waals surface area contributed by atoms with Crippen LogP contribution in [0.3, 0.4) is 0 Å². The van der Waals surface area contributed by atoms with Crippen molar-refractivity contribution in [2.45, 2.75) is 81.4 Å². The average molecular weight is 380 g/mol. The Morgan fingerprint density at radius 1 is 0.963 bits per heavy atom. The van der Waals surface area contributed by atoms with Crippen LogP contribution in [-0.2, 0) is 11.3 Å². The molecule has 1 aromatic rings. The Morgan fingerprint density at radius 3 is 2.00 bits per heavy atom. The summed E-state index contributed by atoms with van der Waals surface area (Å²) in [6, 6.07) is 8.44. The molecule has 3 nitrogen and oxygen atoms in total. The topological polar surface area (TPSA) is 21.7 Å². The molecule has 0 radical (unpaired) electrons. The van der Waals surface area contributed by atoms with Crippen LogP contribution in [0, 0.1) is 10.8 Å². The summed E-state index contributed by atoms with van der Waals surface area (Å²) < 4.78 is 11.4. The lowest BCUT2D eigenvalue weighted by molar-refractivity contribution is -0.000842. The molecule has 158 valence electrons. The molecule has 0 bridgehead atoms. The first-order valence-corrected chi connectivity index (χ1v) is 10.5. The SMILES string of the molecule is CC.CCOc1ccc(CN(C)CC(C)(C)CC(C)(C)COC(C)C)cc1. The molecule has 0 unspecified atom stereocenters. The van der Waals surface area contributed by atoms with Gasteiger partial charge in [-0.1, -0.05) is 53.7 Å². The van der Waals surface area contributed by atoms with Crippen molar-refractivity contribution in [2.24, 2.45) is 10.8 Å². The molecule has 0 fully saturated rings. The maximum Gasteiger partial charge on any atom is 0.119 e. The van der Waals surface area contributed by atoms with Gasteiger partial charge in [0.25, 0.3) is 0 Å². The Kier molecular flexibility index (Phi) is 11.9. The van der Waals surface area contributed by atoms with Gasteiger partial charge in [-0.15, -0.1) is 0 Å². The number of rotatable bonds is 11. The van der Waals surface area contributed by atoms with Crippen LogP contribution in [0.15, 0.2) is 24.3 Å². The van der Waals surface area contributed by atoms with Crippen LogP contribution in [0.25, 0.3) is 0 Å². The maximum absolute atomic E-state index is 5.86. The normalized spacial score (nSPS) is 12.1. The van der Waals surface area contributed by atoms with Gasteiger partial charge in [-0.05, 0) is 62.8 Å². The zero-order chi connectivity index (χ0) is 21.1. The zero-order valence-electron chi connectivity index (χ0n) is 19.7. The molecule has 3 heteroatoms. The smallest absolute Gasteiger partial charge is 0.119 e. The summed E-state index contributed by atoms with van der Waals surface area (Å²) in [5.74, 6) is 0.945. The van der Waals surface area contributed by atoms with E-state index in [1.54, 1.807) is 0 Å². The third-order valence-electron chi connectivity index (χ3n) is 4.15. The van der Waals surface area contributed by atoms with E-state index < -0.39 is 0 Å². The molecule has 0 amide bonds. The number of ether oxygens (including phenoxy) is 2. The molecule has 0 spiro atoms. The van der Waals surface area contributed by atoms with Gasteiger partial charge >= 0.3 is 0 Å². The number of hydrogen-bond donors (Lipinski definition) is 0. The van der Waals surface area contributed by atoms with Crippen LogP contribution >= 0.6 is 0 Å². The van der Waals surface area contributed by atoms with E-state index >= 15 is 0 Å². The van der Waals surface area contributed by atoms with Crippen molar-refractivity contribution in [3.05, 3.63) is 29.8 Å². The third-order valence-corrected chi connectivity index (χ3v) is 4.15. The van der Waals surface area contributed by atoms with Crippen molar-refractivity contribution >= 4 is 0 Å². The average Bonchev–Trinajstić information content (AvgIpc) is 2.55. The van der Waals surface area contributed by atoms with Crippen molar-refractivity contribution in [1.29, 1.82) is 0 Å². The molecule has 0 saturated carbocycles. The fraction of sp³-hybridized carbons (Fsp3) is 0.750. The van der Waals surface area contributed by atoms with Gasteiger partial charge in [-0.25, -0.2) is 0 Å². The molecule has 0 heterocycles. The molecular weight excluding hydrogens is 334 g/mol. The zero-order valence-corrected chi connectivity index (χ0v) is 19.7. The van der Waals surface area contributed by atoms with Crippen LogP contribution in [-0.4, -0.2) is 37.8 Å². The second-order valence-corrected chi connectivity index (χ2v) is 9.11. The highest BCUT2D eigenvalue weighted by molar-refractivity contribution is 5.27. The fourth-order valence-corrected chi connectivity index (χ4v) is 3.75. The summed E-state index contributed by atoms with van der Waals surface area (Å²) >= 11 is 0. The molecule has 0 atom stereocenters. The third kappa shape index (κ3) is 12.1. The summed E-state index contributed by atoms with van der Waals surface area (Å²) in [6.07, 6.45) is 1.44. The van der Waals surface area contributed by atoms with Gasteiger partial charge in [0.15, 0.2) is 0 Å². The summed E-state index contributed by atoms with van der Waals surface area (Å²) in [4.78, 5) is 2.41. The highest BCUT2D eigenvalue weighted by Crippen LogP contribution is 2.35. The van der Waals surface area contributed by atoms with Gasteiger partial charge in [0.05, 0.1) is 19.3 Å². The molecular formula is C24H45NO2. The van der Waals surface area contributed by atoms with Crippen molar-refractivity contribution in [3.8, 4) is 5.75 Å². The Bertz CT molecular complexity index is 492. The summed E-state index contributed by atoms with van der Waals surface area (Å²) in [6.45, 7) is 23.1. The minimum absolute atomic E-state index is 0.188. The predicted octanol–water partition coefficient (Wildman–Crippen LogP) is 6.41. The predicted molar refractivity (Wildman–Crippen MR) is 119 cm³/mol. The first-order chi connectivity index (χ1) is 12.5. The first kappa shape index (κ1) is 25.9. The van der Waals surface area contributed by atoms with Gasteiger partial charge in [0.2, 0.25) is 0 Å². The quantitative estimate of drug-likeness (QED) is 0.443. The second-order valence-electron chi connectivity index (χ2n) is 9.11. The van der Waals surface area contributed by atoms with E-state index in [4.69, 9.17) is 9.47 Å². The van der Waals surface area contributed by atoms with E-state index in [1.165, 1.54) is 5.56 Å². The summed E-state index contributed by atoms with van der Waals surface area (Å²) in [5.41, 5.74) is 1.75. The maximum atomic E-state index is 5.86. The highest BCUT2D eigenvalue weighted by Gasteiger charge is 2.30. The Balaban J connectivity index is 0.00000326. The molecule has 0 aromatic heterocycles. The second kappa shape index (κ2) is 12.4. The number of nitrogens with zero attached hydrogens (tertiary/aromatic N) is 1. The summed E-state index contributed by atoms with van der Waals surface area (Å²) in [7, 11) is 2.20. The summed E-state index contributed by atoms with van der Waals surface area (Å²) in [5, 5.41) is 0. The largest absolute Gasteiger partial charge is 0.494 e. The van der Waals surface area contributed by atoms with Crippen molar-refractivity contribution in [3.63, 3.8) is 0 Å². The van der Waals surface area contributed by atoms with Gasteiger partial charge in [-0.3, -0.25) is 0 Å². The van der Waals surface area contributed by atoms with Gasteiger partial charge in [0.1, 0.15) is 5.75 Å². The van der Waals surface area contributed by atoms with Gasteiger partial charge in [0, 0.05) is 13.1 Å². The highest BCUT2D eigenvalue weighted by atomic mass is 16.5. The van der Waals surface area contributed by atoms with Crippen LogP contribution in [0.1, 0.15) is 74.3 Å². The molecule has 27 heavy (non-hydrogen) atoms. The monoisotopic (exact) mass is 379 g/mol. The minimum Gasteiger partial charge on any atom is -0.494 e. The minimum atomic E-state index is 0.188. The lowest BCUT2D eigenvalue weighted by Gasteiger charge is -2.37. The van der Waals surface area contributed by atoms with E-state index in [9.17, 15) is 0 Å². The Morgan fingerprint density at radius 2 is 1.52 bits per heavy atom.